The number of pyridine rings is 1. The average Bonchev–Trinajstić information content (AvgIpc) is 2.81. The number of fused-ring (bicyclic) bond motifs is 1. The Morgan fingerprint density at radius 3 is 3.16 bits per heavy atom. The predicted molar refractivity (Wildman–Crippen MR) is 83.5 cm³/mol. The molecule has 0 fully saturated rings. The molecule has 0 radical (unpaired) electrons. The first-order valence-electron chi connectivity index (χ1n) is 6.69. The van der Waals surface area contributed by atoms with Gasteiger partial charge in [0.15, 0.2) is 0 Å². The number of hydrogen-bond donors (Lipinski definition) is 1. The average molecular weight is 337 g/mol. The molecule has 0 saturated heterocycles. The Morgan fingerprint density at radius 1 is 1.47 bits per heavy atom. The summed E-state index contributed by atoms with van der Waals surface area (Å²) < 4.78 is 1.25. The minimum absolute atomic E-state index is 0.288. The van der Waals surface area contributed by atoms with Gasteiger partial charge in [-0.15, -0.1) is 11.3 Å². The van der Waals surface area contributed by atoms with E-state index in [-0.39, 0.29) is 6.04 Å². The first-order chi connectivity index (χ1) is 9.24. The summed E-state index contributed by atoms with van der Waals surface area (Å²) in [6.07, 6.45) is 5.57. The molecule has 1 aliphatic rings. The van der Waals surface area contributed by atoms with Crippen molar-refractivity contribution in [1.82, 2.24) is 10.3 Å². The van der Waals surface area contributed by atoms with Gasteiger partial charge < -0.3 is 5.32 Å². The molecule has 0 amide bonds. The lowest BCUT2D eigenvalue weighted by Crippen LogP contribution is -2.27. The fourth-order valence-electron chi connectivity index (χ4n) is 2.71. The second-order valence-corrected chi connectivity index (χ2v) is 7.53. The first-order valence-corrected chi connectivity index (χ1v) is 8.30. The molecule has 2 nitrogen and oxygen atoms in total. The van der Waals surface area contributed by atoms with Crippen LogP contribution in [0.1, 0.15) is 48.0 Å². The molecule has 2 aromatic heterocycles. The van der Waals surface area contributed by atoms with Crippen LogP contribution in [-0.2, 0) is 6.42 Å². The van der Waals surface area contributed by atoms with Crippen LogP contribution in [-0.4, -0.2) is 4.98 Å². The number of hydrogen-bond acceptors (Lipinski definition) is 3. The number of rotatable bonds is 3. The highest BCUT2D eigenvalue weighted by molar-refractivity contribution is 9.11. The normalized spacial score (nSPS) is 20.0. The van der Waals surface area contributed by atoms with Crippen molar-refractivity contribution in [3.8, 4) is 0 Å². The van der Waals surface area contributed by atoms with Gasteiger partial charge in [-0.05, 0) is 65.9 Å². The standard InChI is InChI=1S/C15H17BrN2S/c1-10(12-5-2-3-8-17-12)18-13-6-4-7-14-11(13)9-15(16)19-14/h2-3,5,8-10,13,18H,4,6-7H2,1H3/t10-,13?/m1/s1. The molecule has 1 aliphatic carbocycles. The topological polar surface area (TPSA) is 24.9 Å². The highest BCUT2D eigenvalue weighted by Crippen LogP contribution is 2.38. The van der Waals surface area contributed by atoms with Crippen molar-refractivity contribution >= 4 is 27.3 Å². The molecular weight excluding hydrogens is 320 g/mol. The lowest BCUT2D eigenvalue weighted by atomic mass is 9.93. The molecule has 4 heteroatoms. The lowest BCUT2D eigenvalue weighted by molar-refractivity contribution is 0.414. The van der Waals surface area contributed by atoms with Gasteiger partial charge in [0.1, 0.15) is 0 Å². The SMILES string of the molecule is C[C@@H](NC1CCCc2sc(Br)cc21)c1ccccn1. The molecule has 19 heavy (non-hydrogen) atoms. The van der Waals surface area contributed by atoms with Crippen LogP contribution in [0.25, 0.3) is 0 Å². The maximum absolute atomic E-state index is 4.44. The van der Waals surface area contributed by atoms with Gasteiger partial charge in [-0.25, -0.2) is 0 Å². The Bertz CT molecular complexity index is 553. The van der Waals surface area contributed by atoms with E-state index in [1.54, 1.807) is 0 Å². The van der Waals surface area contributed by atoms with E-state index in [0.717, 1.165) is 5.69 Å². The molecule has 2 aromatic rings. The quantitative estimate of drug-likeness (QED) is 0.883. The first kappa shape index (κ1) is 13.3. The van der Waals surface area contributed by atoms with Gasteiger partial charge in [-0.2, -0.15) is 0 Å². The summed E-state index contributed by atoms with van der Waals surface area (Å²) in [7, 11) is 0. The van der Waals surface area contributed by atoms with Crippen LogP contribution in [0.3, 0.4) is 0 Å². The van der Waals surface area contributed by atoms with Crippen LogP contribution in [0.2, 0.25) is 0 Å². The summed E-state index contributed by atoms with van der Waals surface area (Å²) in [5, 5.41) is 3.73. The summed E-state index contributed by atoms with van der Waals surface area (Å²) in [4.78, 5) is 5.97. The third-order valence-electron chi connectivity index (χ3n) is 3.67. The van der Waals surface area contributed by atoms with Crippen LogP contribution < -0.4 is 5.32 Å². The van der Waals surface area contributed by atoms with E-state index in [4.69, 9.17) is 0 Å². The van der Waals surface area contributed by atoms with Crippen LogP contribution in [0, 0.1) is 0 Å². The zero-order valence-electron chi connectivity index (χ0n) is 10.9. The zero-order valence-corrected chi connectivity index (χ0v) is 13.3. The fraction of sp³-hybridized carbons (Fsp3) is 0.400. The van der Waals surface area contributed by atoms with Gasteiger partial charge in [0.05, 0.1) is 9.48 Å². The monoisotopic (exact) mass is 336 g/mol. The van der Waals surface area contributed by atoms with E-state index in [1.165, 1.54) is 33.5 Å². The number of nitrogens with zero attached hydrogens (tertiary/aromatic N) is 1. The van der Waals surface area contributed by atoms with E-state index < -0.39 is 0 Å². The van der Waals surface area contributed by atoms with Gasteiger partial charge in [-0.1, -0.05) is 6.07 Å². The van der Waals surface area contributed by atoms with E-state index in [9.17, 15) is 0 Å². The third-order valence-corrected chi connectivity index (χ3v) is 5.38. The second-order valence-electron chi connectivity index (χ2n) is 5.02. The minimum atomic E-state index is 0.288. The summed E-state index contributed by atoms with van der Waals surface area (Å²) in [6, 6.07) is 9.13. The summed E-state index contributed by atoms with van der Waals surface area (Å²) in [5.41, 5.74) is 2.59. The molecule has 3 rings (SSSR count). The van der Waals surface area contributed by atoms with Gasteiger partial charge in [0, 0.05) is 23.2 Å². The number of aryl methyl sites for hydroxylation is 1. The molecule has 1 N–H and O–H groups in total. The Morgan fingerprint density at radius 2 is 2.37 bits per heavy atom. The lowest BCUT2D eigenvalue weighted by Gasteiger charge is -2.27. The van der Waals surface area contributed by atoms with Crippen LogP contribution in [0.15, 0.2) is 34.2 Å². The smallest absolute Gasteiger partial charge is 0.0704 e. The zero-order chi connectivity index (χ0) is 13.2. The van der Waals surface area contributed by atoms with Crippen molar-refractivity contribution in [2.45, 2.75) is 38.3 Å². The van der Waals surface area contributed by atoms with Crippen LogP contribution in [0.4, 0.5) is 0 Å². The van der Waals surface area contributed by atoms with E-state index in [0.29, 0.717) is 6.04 Å². The maximum atomic E-state index is 4.44. The van der Waals surface area contributed by atoms with E-state index >= 15 is 0 Å². The van der Waals surface area contributed by atoms with Gasteiger partial charge in [-0.3, -0.25) is 4.98 Å². The van der Waals surface area contributed by atoms with Crippen LogP contribution >= 0.6 is 27.3 Å². The molecule has 1 unspecified atom stereocenters. The fourth-order valence-corrected chi connectivity index (χ4v) is 4.53. The molecule has 0 aliphatic heterocycles. The number of nitrogens with one attached hydrogen (secondary N) is 1. The van der Waals surface area contributed by atoms with Crippen molar-refractivity contribution in [3.63, 3.8) is 0 Å². The summed E-state index contributed by atoms with van der Waals surface area (Å²) >= 11 is 5.49. The molecule has 2 atom stereocenters. The minimum Gasteiger partial charge on any atom is -0.302 e. The van der Waals surface area contributed by atoms with Gasteiger partial charge in [0.25, 0.3) is 0 Å². The van der Waals surface area contributed by atoms with E-state index in [2.05, 4.69) is 45.3 Å². The number of halogens is 1. The van der Waals surface area contributed by atoms with E-state index in [1.807, 2.05) is 29.7 Å². The highest BCUT2D eigenvalue weighted by atomic mass is 79.9. The van der Waals surface area contributed by atoms with Crippen molar-refractivity contribution in [2.75, 3.05) is 0 Å². The largest absolute Gasteiger partial charge is 0.302 e. The molecule has 0 bridgehead atoms. The molecule has 100 valence electrons. The summed E-state index contributed by atoms with van der Waals surface area (Å²) in [5.74, 6) is 0. The number of aromatic nitrogens is 1. The van der Waals surface area contributed by atoms with Crippen molar-refractivity contribution in [2.24, 2.45) is 0 Å². The Kier molecular flexibility index (Phi) is 4.01. The highest BCUT2D eigenvalue weighted by Gasteiger charge is 2.24. The summed E-state index contributed by atoms with van der Waals surface area (Å²) in [6.45, 7) is 2.19. The second kappa shape index (κ2) is 5.73. The number of thiophene rings is 1. The Balaban J connectivity index is 1.77. The van der Waals surface area contributed by atoms with Crippen molar-refractivity contribution in [1.29, 1.82) is 0 Å². The molecular formula is C15H17BrN2S. The Labute approximate surface area is 126 Å². The molecule has 2 heterocycles. The van der Waals surface area contributed by atoms with Crippen molar-refractivity contribution in [3.05, 3.63) is 50.4 Å². The van der Waals surface area contributed by atoms with Gasteiger partial charge >= 0.3 is 0 Å². The van der Waals surface area contributed by atoms with Gasteiger partial charge in [0.2, 0.25) is 0 Å². The molecule has 0 spiro atoms. The Hall–Kier alpha value is -0.710. The predicted octanol–water partition coefficient (Wildman–Crippen LogP) is 4.63. The molecule has 0 aromatic carbocycles. The molecule has 0 saturated carbocycles. The van der Waals surface area contributed by atoms with Crippen LogP contribution in [0.5, 0.6) is 0 Å². The maximum Gasteiger partial charge on any atom is 0.0704 e. The third kappa shape index (κ3) is 2.91. The van der Waals surface area contributed by atoms with Crippen molar-refractivity contribution < 1.29 is 0 Å².